The average Bonchev–Trinajstić information content (AvgIpc) is 3.11. The van der Waals surface area contributed by atoms with Gasteiger partial charge in [-0.3, -0.25) is 4.79 Å². The van der Waals surface area contributed by atoms with Crippen LogP contribution in [0.3, 0.4) is 0 Å². The molecule has 1 atom stereocenters. The molecule has 0 radical (unpaired) electrons. The zero-order chi connectivity index (χ0) is 13.1. The lowest BCUT2D eigenvalue weighted by Gasteiger charge is -2.23. The Balaban J connectivity index is 0.00000147. The summed E-state index contributed by atoms with van der Waals surface area (Å²) in [7, 11) is 0. The van der Waals surface area contributed by atoms with Crippen LogP contribution < -0.4 is 10.6 Å². The van der Waals surface area contributed by atoms with Crippen molar-refractivity contribution in [3.8, 4) is 11.5 Å². The topological polar surface area (TPSA) is 80.3 Å². The molecule has 2 aromatic rings. The molecule has 0 aliphatic carbocycles. The van der Waals surface area contributed by atoms with E-state index >= 15 is 0 Å². The minimum atomic E-state index is -0.213. The number of rotatable bonds is 3. The molecule has 0 spiro atoms. The van der Waals surface area contributed by atoms with Gasteiger partial charge >= 0.3 is 0 Å². The number of carbonyl (C=O) groups is 1. The van der Waals surface area contributed by atoms with Gasteiger partial charge in [-0.25, -0.2) is 0 Å². The van der Waals surface area contributed by atoms with E-state index < -0.39 is 0 Å². The zero-order valence-corrected chi connectivity index (χ0v) is 11.6. The van der Waals surface area contributed by atoms with Gasteiger partial charge in [0, 0.05) is 18.7 Å². The predicted octanol–water partition coefficient (Wildman–Crippen LogP) is 1.84. The van der Waals surface area contributed by atoms with E-state index in [4.69, 9.17) is 8.94 Å². The summed E-state index contributed by atoms with van der Waals surface area (Å²) in [5, 5.41) is 9.96. The SMILES string of the molecule is Cl.O=C(NC1CCCNC1)c1cc(-c2ccco2)on1. The molecule has 20 heavy (non-hydrogen) atoms. The normalized spacial score (nSPS) is 18.3. The van der Waals surface area contributed by atoms with E-state index in [1.165, 1.54) is 0 Å². The highest BCUT2D eigenvalue weighted by Gasteiger charge is 2.19. The summed E-state index contributed by atoms with van der Waals surface area (Å²) in [5.74, 6) is 0.804. The van der Waals surface area contributed by atoms with Crippen molar-refractivity contribution in [2.45, 2.75) is 18.9 Å². The molecule has 7 heteroatoms. The quantitative estimate of drug-likeness (QED) is 0.903. The maximum atomic E-state index is 12.0. The van der Waals surface area contributed by atoms with Gasteiger partial charge in [0.05, 0.1) is 6.26 Å². The maximum Gasteiger partial charge on any atom is 0.273 e. The number of piperidine rings is 1. The van der Waals surface area contributed by atoms with Crippen LogP contribution in [0.1, 0.15) is 23.3 Å². The molecule has 1 aliphatic rings. The molecule has 1 amide bonds. The van der Waals surface area contributed by atoms with E-state index in [1.54, 1.807) is 24.5 Å². The number of aromatic nitrogens is 1. The van der Waals surface area contributed by atoms with Gasteiger partial charge in [-0.1, -0.05) is 5.16 Å². The molecule has 2 N–H and O–H groups in total. The highest BCUT2D eigenvalue weighted by Crippen LogP contribution is 2.20. The number of nitrogens with one attached hydrogen (secondary N) is 2. The molecule has 0 aromatic carbocycles. The Morgan fingerprint density at radius 1 is 1.45 bits per heavy atom. The van der Waals surface area contributed by atoms with Crippen molar-refractivity contribution >= 4 is 18.3 Å². The fraction of sp³-hybridized carbons (Fsp3) is 0.385. The second-order valence-corrected chi connectivity index (χ2v) is 4.57. The summed E-state index contributed by atoms with van der Waals surface area (Å²) in [6.07, 6.45) is 3.61. The van der Waals surface area contributed by atoms with E-state index in [-0.39, 0.29) is 30.0 Å². The van der Waals surface area contributed by atoms with Crippen LogP contribution in [0.15, 0.2) is 33.4 Å². The smallest absolute Gasteiger partial charge is 0.273 e. The minimum Gasteiger partial charge on any atom is -0.461 e. The predicted molar refractivity (Wildman–Crippen MR) is 74.8 cm³/mol. The van der Waals surface area contributed by atoms with Crippen LogP contribution in [0.25, 0.3) is 11.5 Å². The molecule has 3 heterocycles. The fourth-order valence-electron chi connectivity index (χ4n) is 2.15. The van der Waals surface area contributed by atoms with E-state index in [1.807, 2.05) is 0 Å². The Hall–Kier alpha value is -1.79. The maximum absolute atomic E-state index is 12.0. The lowest BCUT2D eigenvalue weighted by molar-refractivity contribution is 0.0921. The first-order valence-electron chi connectivity index (χ1n) is 6.35. The first-order chi connectivity index (χ1) is 9.33. The number of halogens is 1. The number of nitrogens with zero attached hydrogens (tertiary/aromatic N) is 1. The van der Waals surface area contributed by atoms with Gasteiger partial charge in [0.15, 0.2) is 11.5 Å². The Morgan fingerprint density at radius 2 is 2.35 bits per heavy atom. The Kier molecular flexibility index (Phi) is 4.81. The van der Waals surface area contributed by atoms with Crippen LogP contribution in [0.5, 0.6) is 0 Å². The van der Waals surface area contributed by atoms with Gasteiger partial charge in [-0.05, 0) is 31.5 Å². The molecule has 1 saturated heterocycles. The third kappa shape index (κ3) is 3.20. The van der Waals surface area contributed by atoms with Crippen molar-refractivity contribution in [2.75, 3.05) is 13.1 Å². The summed E-state index contributed by atoms with van der Waals surface area (Å²) >= 11 is 0. The van der Waals surface area contributed by atoms with Crippen molar-refractivity contribution in [3.05, 3.63) is 30.2 Å². The number of furan rings is 1. The molecule has 0 bridgehead atoms. The van der Waals surface area contributed by atoms with Crippen LogP contribution in [0.4, 0.5) is 0 Å². The molecule has 1 aliphatic heterocycles. The van der Waals surface area contributed by atoms with Crippen LogP contribution in [-0.2, 0) is 0 Å². The summed E-state index contributed by atoms with van der Waals surface area (Å²) < 4.78 is 10.3. The average molecular weight is 298 g/mol. The lowest BCUT2D eigenvalue weighted by Crippen LogP contribution is -2.45. The van der Waals surface area contributed by atoms with Crippen molar-refractivity contribution < 1.29 is 13.7 Å². The van der Waals surface area contributed by atoms with Gasteiger partial charge in [-0.15, -0.1) is 12.4 Å². The van der Waals surface area contributed by atoms with Crippen LogP contribution >= 0.6 is 12.4 Å². The summed E-state index contributed by atoms with van der Waals surface area (Å²) in [4.78, 5) is 12.0. The minimum absolute atomic E-state index is 0. The van der Waals surface area contributed by atoms with Crippen molar-refractivity contribution in [1.82, 2.24) is 15.8 Å². The summed E-state index contributed by atoms with van der Waals surface area (Å²) in [6.45, 7) is 1.81. The molecule has 2 aromatic heterocycles. The van der Waals surface area contributed by atoms with Gasteiger partial charge < -0.3 is 19.6 Å². The van der Waals surface area contributed by atoms with Crippen molar-refractivity contribution in [2.24, 2.45) is 0 Å². The molecule has 108 valence electrons. The van der Waals surface area contributed by atoms with Crippen LogP contribution in [0, 0.1) is 0 Å². The first kappa shape index (κ1) is 14.6. The molecular weight excluding hydrogens is 282 g/mol. The van der Waals surface area contributed by atoms with Gasteiger partial charge in [0.2, 0.25) is 5.76 Å². The Bertz CT molecular complexity index is 547. The van der Waals surface area contributed by atoms with E-state index in [0.717, 1.165) is 25.9 Å². The third-order valence-corrected chi connectivity index (χ3v) is 3.14. The second-order valence-electron chi connectivity index (χ2n) is 4.57. The van der Waals surface area contributed by atoms with E-state index in [9.17, 15) is 4.79 Å². The Morgan fingerprint density at radius 3 is 3.05 bits per heavy atom. The van der Waals surface area contributed by atoms with Gasteiger partial charge in [0.25, 0.3) is 5.91 Å². The highest BCUT2D eigenvalue weighted by molar-refractivity contribution is 5.93. The standard InChI is InChI=1S/C13H15N3O3.ClH/c17-13(15-9-3-1-5-14-8-9)10-7-12(19-16-10)11-4-2-6-18-11;/h2,4,6-7,9,14H,1,3,5,8H2,(H,15,17);1H. The summed E-state index contributed by atoms with van der Waals surface area (Å²) in [6, 6.07) is 5.26. The van der Waals surface area contributed by atoms with E-state index in [2.05, 4.69) is 15.8 Å². The first-order valence-corrected chi connectivity index (χ1v) is 6.35. The van der Waals surface area contributed by atoms with E-state index in [0.29, 0.717) is 11.5 Å². The third-order valence-electron chi connectivity index (χ3n) is 3.14. The lowest BCUT2D eigenvalue weighted by atomic mass is 10.1. The van der Waals surface area contributed by atoms with Crippen molar-refractivity contribution in [3.63, 3.8) is 0 Å². The number of hydrogen-bond acceptors (Lipinski definition) is 5. The number of carbonyl (C=O) groups excluding carboxylic acids is 1. The van der Waals surface area contributed by atoms with Gasteiger partial charge in [0.1, 0.15) is 0 Å². The zero-order valence-electron chi connectivity index (χ0n) is 10.8. The summed E-state index contributed by atoms with van der Waals surface area (Å²) in [5.41, 5.74) is 0.275. The largest absolute Gasteiger partial charge is 0.461 e. The fourth-order valence-corrected chi connectivity index (χ4v) is 2.15. The molecular formula is C13H16ClN3O3. The highest BCUT2D eigenvalue weighted by atomic mass is 35.5. The molecule has 6 nitrogen and oxygen atoms in total. The molecule has 0 saturated carbocycles. The monoisotopic (exact) mass is 297 g/mol. The van der Waals surface area contributed by atoms with Crippen LogP contribution in [0.2, 0.25) is 0 Å². The Labute approximate surface area is 122 Å². The van der Waals surface area contributed by atoms with Gasteiger partial charge in [-0.2, -0.15) is 0 Å². The second kappa shape index (κ2) is 6.58. The van der Waals surface area contributed by atoms with Crippen LogP contribution in [-0.4, -0.2) is 30.2 Å². The molecule has 3 rings (SSSR count). The number of hydrogen-bond donors (Lipinski definition) is 2. The number of amides is 1. The van der Waals surface area contributed by atoms with Crippen molar-refractivity contribution in [1.29, 1.82) is 0 Å². The molecule has 1 fully saturated rings. The molecule has 1 unspecified atom stereocenters.